The van der Waals surface area contributed by atoms with E-state index < -0.39 is 29.0 Å². The third-order valence-corrected chi connectivity index (χ3v) is 4.57. The molecule has 150 valence electrons. The summed E-state index contributed by atoms with van der Waals surface area (Å²) in [5.41, 5.74) is -0.230. The van der Waals surface area contributed by atoms with Crippen molar-refractivity contribution in [2.24, 2.45) is 5.41 Å². The lowest BCUT2D eigenvalue weighted by Gasteiger charge is -2.44. The molecule has 1 aromatic carbocycles. The van der Waals surface area contributed by atoms with E-state index >= 15 is 0 Å². The molecule has 0 radical (unpaired) electrons. The van der Waals surface area contributed by atoms with E-state index in [0.717, 1.165) is 6.07 Å². The van der Waals surface area contributed by atoms with E-state index in [9.17, 15) is 14.0 Å². The van der Waals surface area contributed by atoms with Crippen molar-refractivity contribution in [3.05, 3.63) is 34.6 Å². The van der Waals surface area contributed by atoms with Crippen molar-refractivity contribution in [3.63, 3.8) is 0 Å². The standard InChI is InChI=1S/C19H26ClFN2O4/c1-11(23-16(24)12-6-7-14(21)13(20)8-12)9-22-17(25)15-18(2,3)10-26-19(4,5)27-15/h6-8,11,15H,9-10H2,1-5H3,(H,22,25)(H,23,24)/t11-,15-/m0/s1. The van der Waals surface area contributed by atoms with Crippen molar-refractivity contribution in [3.8, 4) is 0 Å². The molecular weight excluding hydrogens is 375 g/mol. The van der Waals surface area contributed by atoms with Crippen molar-refractivity contribution in [1.29, 1.82) is 0 Å². The van der Waals surface area contributed by atoms with Crippen LogP contribution in [0.3, 0.4) is 0 Å². The van der Waals surface area contributed by atoms with Gasteiger partial charge in [0.25, 0.3) is 5.91 Å². The minimum atomic E-state index is -0.834. The Morgan fingerprint density at radius 1 is 1.33 bits per heavy atom. The van der Waals surface area contributed by atoms with Crippen LogP contribution in [0.5, 0.6) is 0 Å². The average molecular weight is 401 g/mol. The molecule has 0 spiro atoms. The van der Waals surface area contributed by atoms with Crippen LogP contribution in [0.4, 0.5) is 4.39 Å². The largest absolute Gasteiger partial charge is 0.352 e. The quantitative estimate of drug-likeness (QED) is 0.796. The molecule has 1 aliphatic rings. The van der Waals surface area contributed by atoms with E-state index in [-0.39, 0.29) is 29.1 Å². The fraction of sp³-hybridized carbons (Fsp3) is 0.579. The average Bonchev–Trinajstić information content (AvgIpc) is 2.57. The van der Waals surface area contributed by atoms with Gasteiger partial charge in [0.05, 0.1) is 11.6 Å². The number of hydrogen-bond donors (Lipinski definition) is 2. The van der Waals surface area contributed by atoms with Crippen molar-refractivity contribution < 1.29 is 23.5 Å². The van der Waals surface area contributed by atoms with Crippen LogP contribution < -0.4 is 10.6 Å². The van der Waals surface area contributed by atoms with Crippen LogP contribution in [0.2, 0.25) is 5.02 Å². The Hall–Kier alpha value is -1.70. The maximum absolute atomic E-state index is 13.2. The Balaban J connectivity index is 1.90. The van der Waals surface area contributed by atoms with Gasteiger partial charge in [0.15, 0.2) is 5.79 Å². The lowest BCUT2D eigenvalue weighted by atomic mass is 9.85. The molecule has 1 heterocycles. The summed E-state index contributed by atoms with van der Waals surface area (Å²) in [6, 6.07) is 3.40. The predicted octanol–water partition coefficient (Wildman–Crippen LogP) is 2.89. The van der Waals surface area contributed by atoms with Crippen LogP contribution in [0.25, 0.3) is 0 Å². The number of amides is 2. The molecule has 0 aromatic heterocycles. The van der Waals surface area contributed by atoms with Gasteiger partial charge in [-0.05, 0) is 39.0 Å². The van der Waals surface area contributed by atoms with Gasteiger partial charge < -0.3 is 20.1 Å². The number of hydrogen-bond acceptors (Lipinski definition) is 4. The minimum absolute atomic E-state index is 0.120. The van der Waals surface area contributed by atoms with Gasteiger partial charge >= 0.3 is 0 Å². The number of benzene rings is 1. The number of ether oxygens (including phenoxy) is 2. The first kappa shape index (κ1) is 21.6. The van der Waals surface area contributed by atoms with E-state index in [1.54, 1.807) is 20.8 Å². The summed E-state index contributed by atoms with van der Waals surface area (Å²) in [6.07, 6.45) is -0.667. The summed E-state index contributed by atoms with van der Waals surface area (Å²) in [5.74, 6) is -2.08. The second-order valence-corrected chi connectivity index (χ2v) is 8.33. The van der Waals surface area contributed by atoms with Crippen molar-refractivity contribution in [1.82, 2.24) is 10.6 Å². The molecular formula is C19H26ClFN2O4. The maximum atomic E-state index is 13.2. The molecule has 2 N–H and O–H groups in total. The molecule has 1 aromatic rings. The molecule has 6 nitrogen and oxygen atoms in total. The number of carbonyl (C=O) groups excluding carboxylic acids is 2. The van der Waals surface area contributed by atoms with Gasteiger partial charge in [0.2, 0.25) is 5.91 Å². The summed E-state index contributed by atoms with van der Waals surface area (Å²) in [6.45, 7) is 9.69. The smallest absolute Gasteiger partial charge is 0.251 e. The number of halogens is 2. The van der Waals surface area contributed by atoms with Crippen molar-refractivity contribution >= 4 is 23.4 Å². The molecule has 1 saturated heterocycles. The van der Waals surface area contributed by atoms with Crippen LogP contribution in [0.15, 0.2) is 18.2 Å². The second-order valence-electron chi connectivity index (χ2n) is 7.92. The van der Waals surface area contributed by atoms with Crippen LogP contribution in [-0.2, 0) is 14.3 Å². The lowest BCUT2D eigenvalue weighted by Crippen LogP contribution is -2.57. The molecule has 0 aliphatic carbocycles. The molecule has 0 bridgehead atoms. The van der Waals surface area contributed by atoms with Gasteiger partial charge in [-0.2, -0.15) is 0 Å². The number of nitrogens with one attached hydrogen (secondary N) is 2. The lowest BCUT2D eigenvalue weighted by molar-refractivity contribution is -0.304. The van der Waals surface area contributed by atoms with E-state index in [0.29, 0.717) is 6.61 Å². The maximum Gasteiger partial charge on any atom is 0.251 e. The van der Waals surface area contributed by atoms with Crippen LogP contribution >= 0.6 is 11.6 Å². The zero-order valence-corrected chi connectivity index (χ0v) is 16.9. The Bertz CT molecular complexity index is 724. The molecule has 2 rings (SSSR count). The van der Waals surface area contributed by atoms with Gasteiger partial charge in [0.1, 0.15) is 11.9 Å². The fourth-order valence-corrected chi connectivity index (χ4v) is 2.84. The third-order valence-electron chi connectivity index (χ3n) is 4.28. The first-order valence-corrected chi connectivity index (χ1v) is 9.14. The summed E-state index contributed by atoms with van der Waals surface area (Å²) < 4.78 is 24.6. The molecule has 2 amide bonds. The van der Waals surface area contributed by atoms with Crippen LogP contribution in [0.1, 0.15) is 45.0 Å². The molecule has 0 saturated carbocycles. The highest BCUT2D eigenvalue weighted by Crippen LogP contribution is 2.34. The van der Waals surface area contributed by atoms with E-state index in [1.165, 1.54) is 12.1 Å². The van der Waals surface area contributed by atoms with Gasteiger partial charge in [-0.1, -0.05) is 25.4 Å². The van der Waals surface area contributed by atoms with Gasteiger partial charge in [-0.3, -0.25) is 9.59 Å². The Morgan fingerprint density at radius 3 is 2.63 bits per heavy atom. The SMILES string of the molecule is C[C@@H](CNC(=O)[C@@H]1OC(C)(C)OCC1(C)C)NC(=O)c1ccc(F)c(Cl)c1. The fourth-order valence-electron chi connectivity index (χ4n) is 2.66. The molecule has 0 unspecified atom stereocenters. The third kappa shape index (κ3) is 5.64. The van der Waals surface area contributed by atoms with Gasteiger partial charge in [0, 0.05) is 23.6 Å². The summed E-state index contributed by atoms with van der Waals surface area (Å²) in [7, 11) is 0. The molecule has 1 aliphatic heterocycles. The van der Waals surface area contributed by atoms with Crippen molar-refractivity contribution in [2.75, 3.05) is 13.2 Å². The summed E-state index contributed by atoms with van der Waals surface area (Å²) in [5, 5.41) is 5.42. The Labute approximate surface area is 163 Å². The first-order chi connectivity index (χ1) is 12.4. The van der Waals surface area contributed by atoms with Crippen molar-refractivity contribution in [2.45, 2.75) is 52.6 Å². The van der Waals surface area contributed by atoms with E-state index in [2.05, 4.69) is 10.6 Å². The summed E-state index contributed by atoms with van der Waals surface area (Å²) in [4.78, 5) is 24.8. The molecule has 27 heavy (non-hydrogen) atoms. The van der Waals surface area contributed by atoms with Gasteiger partial charge in [-0.25, -0.2) is 4.39 Å². The van der Waals surface area contributed by atoms with Crippen LogP contribution in [0, 0.1) is 11.2 Å². The monoisotopic (exact) mass is 400 g/mol. The second kappa shape index (κ2) is 8.12. The Kier molecular flexibility index (Phi) is 6.50. The number of rotatable bonds is 5. The topological polar surface area (TPSA) is 76.7 Å². The molecule has 8 heteroatoms. The highest BCUT2D eigenvalue weighted by Gasteiger charge is 2.45. The highest BCUT2D eigenvalue weighted by atomic mass is 35.5. The minimum Gasteiger partial charge on any atom is -0.352 e. The highest BCUT2D eigenvalue weighted by molar-refractivity contribution is 6.31. The van der Waals surface area contributed by atoms with Crippen LogP contribution in [-0.4, -0.2) is 42.9 Å². The van der Waals surface area contributed by atoms with E-state index in [1.807, 2.05) is 13.8 Å². The zero-order chi connectivity index (χ0) is 20.4. The summed E-state index contributed by atoms with van der Waals surface area (Å²) >= 11 is 5.70. The predicted molar refractivity (Wildman–Crippen MR) is 100 cm³/mol. The van der Waals surface area contributed by atoms with E-state index in [4.69, 9.17) is 21.1 Å². The van der Waals surface area contributed by atoms with Gasteiger partial charge in [-0.15, -0.1) is 0 Å². The Morgan fingerprint density at radius 2 is 2.00 bits per heavy atom. The zero-order valence-electron chi connectivity index (χ0n) is 16.2. The first-order valence-electron chi connectivity index (χ1n) is 8.77. The molecule has 1 fully saturated rings. The normalized spacial score (nSPS) is 22.0. The molecule has 2 atom stereocenters. The number of carbonyl (C=O) groups is 2.